The maximum absolute atomic E-state index is 11.6. The van der Waals surface area contributed by atoms with Gasteiger partial charge in [0.25, 0.3) is 0 Å². The van der Waals surface area contributed by atoms with E-state index in [0.717, 1.165) is 11.3 Å². The fourth-order valence-electron chi connectivity index (χ4n) is 1.60. The van der Waals surface area contributed by atoms with E-state index >= 15 is 0 Å². The average Bonchev–Trinajstić information content (AvgIpc) is 2.44. The number of nitrogens with one attached hydrogen (secondary N) is 1. The number of benzene rings is 1. The Labute approximate surface area is 112 Å². The molecule has 0 radical (unpaired) electrons. The Morgan fingerprint density at radius 2 is 1.84 bits per heavy atom. The summed E-state index contributed by atoms with van der Waals surface area (Å²) in [5.74, 6) is 0.166. The number of carbonyl (C=O) groups is 2. The van der Waals surface area contributed by atoms with Gasteiger partial charge in [-0.1, -0.05) is 12.1 Å². The number of carbonyl (C=O) groups excluding carboxylic acids is 2. The first kappa shape index (κ1) is 15.0. The standard InChI is InChI=1S/C14H19NO4/c1-10(14(17)19-3)15-13(16)9-6-11-4-7-12(18-2)8-5-11/h4-5,7-8,10H,6,9H2,1-3H3,(H,15,16). The van der Waals surface area contributed by atoms with E-state index in [1.54, 1.807) is 14.0 Å². The molecule has 0 spiro atoms. The predicted molar refractivity (Wildman–Crippen MR) is 70.9 cm³/mol. The van der Waals surface area contributed by atoms with E-state index < -0.39 is 12.0 Å². The van der Waals surface area contributed by atoms with Gasteiger partial charge in [-0.25, -0.2) is 4.79 Å². The first-order valence-corrected chi connectivity index (χ1v) is 6.07. The van der Waals surface area contributed by atoms with E-state index in [1.165, 1.54) is 7.11 Å². The first-order chi connectivity index (χ1) is 9.06. The minimum Gasteiger partial charge on any atom is -0.497 e. The molecule has 1 aromatic carbocycles. The van der Waals surface area contributed by atoms with Crippen LogP contribution in [0.25, 0.3) is 0 Å². The summed E-state index contributed by atoms with van der Waals surface area (Å²) in [6, 6.07) is 6.91. The molecule has 1 unspecified atom stereocenters. The minimum absolute atomic E-state index is 0.172. The predicted octanol–water partition coefficient (Wildman–Crippen LogP) is 1.31. The lowest BCUT2D eigenvalue weighted by Gasteiger charge is -2.11. The third kappa shape index (κ3) is 4.99. The van der Waals surface area contributed by atoms with E-state index in [-0.39, 0.29) is 5.91 Å². The maximum Gasteiger partial charge on any atom is 0.328 e. The van der Waals surface area contributed by atoms with Crippen LogP contribution in [-0.4, -0.2) is 32.1 Å². The molecule has 0 aliphatic rings. The summed E-state index contributed by atoms with van der Waals surface area (Å²) in [5, 5.41) is 2.59. The number of hydrogen-bond acceptors (Lipinski definition) is 4. The van der Waals surface area contributed by atoms with Gasteiger partial charge >= 0.3 is 5.97 Å². The van der Waals surface area contributed by atoms with Crippen molar-refractivity contribution in [2.24, 2.45) is 0 Å². The number of ether oxygens (including phenoxy) is 2. The van der Waals surface area contributed by atoms with Gasteiger partial charge in [-0.05, 0) is 31.0 Å². The van der Waals surface area contributed by atoms with Gasteiger partial charge in [-0.2, -0.15) is 0 Å². The Kier molecular flexibility index (Phi) is 5.85. The maximum atomic E-state index is 11.6. The van der Waals surface area contributed by atoms with Crippen molar-refractivity contribution in [1.82, 2.24) is 5.32 Å². The third-order valence-corrected chi connectivity index (χ3v) is 2.73. The topological polar surface area (TPSA) is 64.6 Å². The zero-order chi connectivity index (χ0) is 14.3. The number of aryl methyl sites for hydroxylation is 1. The van der Waals surface area contributed by atoms with E-state index in [9.17, 15) is 9.59 Å². The quantitative estimate of drug-likeness (QED) is 0.788. The normalized spacial score (nSPS) is 11.5. The summed E-state index contributed by atoms with van der Waals surface area (Å²) in [7, 11) is 2.90. The van der Waals surface area contributed by atoms with Crippen LogP contribution in [0.5, 0.6) is 5.75 Å². The van der Waals surface area contributed by atoms with E-state index in [0.29, 0.717) is 12.8 Å². The Balaban J connectivity index is 2.39. The van der Waals surface area contributed by atoms with Crippen LogP contribution in [0.2, 0.25) is 0 Å². The molecule has 19 heavy (non-hydrogen) atoms. The molecule has 1 rings (SSSR count). The Morgan fingerprint density at radius 1 is 1.21 bits per heavy atom. The molecule has 0 aliphatic heterocycles. The third-order valence-electron chi connectivity index (χ3n) is 2.73. The molecule has 5 heteroatoms. The zero-order valence-electron chi connectivity index (χ0n) is 11.4. The van der Waals surface area contributed by atoms with Gasteiger partial charge in [-0.15, -0.1) is 0 Å². The van der Waals surface area contributed by atoms with E-state index in [2.05, 4.69) is 10.1 Å². The lowest BCUT2D eigenvalue weighted by molar-refractivity contribution is -0.144. The van der Waals surface area contributed by atoms with Crippen molar-refractivity contribution in [3.05, 3.63) is 29.8 Å². The van der Waals surface area contributed by atoms with Crippen LogP contribution in [0.15, 0.2) is 24.3 Å². The second kappa shape index (κ2) is 7.41. The van der Waals surface area contributed by atoms with Gasteiger partial charge in [0, 0.05) is 6.42 Å². The van der Waals surface area contributed by atoms with Crippen molar-refractivity contribution in [3.8, 4) is 5.75 Å². The second-order valence-corrected chi connectivity index (χ2v) is 4.16. The molecule has 1 amide bonds. The fraction of sp³-hybridized carbons (Fsp3) is 0.429. The summed E-state index contributed by atoms with van der Waals surface area (Å²) < 4.78 is 9.59. The number of amides is 1. The summed E-state index contributed by atoms with van der Waals surface area (Å²) in [6.07, 6.45) is 0.942. The van der Waals surface area contributed by atoms with Gasteiger partial charge < -0.3 is 14.8 Å². The van der Waals surface area contributed by atoms with Gasteiger partial charge in [0.05, 0.1) is 14.2 Å². The summed E-state index contributed by atoms with van der Waals surface area (Å²) in [6.45, 7) is 1.59. The van der Waals surface area contributed by atoms with Gasteiger partial charge in [0.2, 0.25) is 5.91 Å². The van der Waals surface area contributed by atoms with Crippen LogP contribution in [0.1, 0.15) is 18.9 Å². The molecule has 0 aromatic heterocycles. The van der Waals surface area contributed by atoms with Crippen molar-refractivity contribution < 1.29 is 19.1 Å². The molecular weight excluding hydrogens is 246 g/mol. The number of rotatable bonds is 6. The molecule has 0 saturated heterocycles. The van der Waals surface area contributed by atoms with Gasteiger partial charge in [0.1, 0.15) is 11.8 Å². The molecule has 0 aliphatic carbocycles. The molecular formula is C14H19NO4. The molecule has 0 saturated carbocycles. The lowest BCUT2D eigenvalue weighted by atomic mass is 10.1. The summed E-state index contributed by atoms with van der Waals surface area (Å²) >= 11 is 0. The monoisotopic (exact) mass is 265 g/mol. The van der Waals surface area contributed by atoms with Crippen LogP contribution >= 0.6 is 0 Å². The highest BCUT2D eigenvalue weighted by Crippen LogP contribution is 2.12. The number of methoxy groups -OCH3 is 2. The zero-order valence-corrected chi connectivity index (χ0v) is 11.4. The molecule has 1 N–H and O–H groups in total. The molecule has 0 bridgehead atoms. The first-order valence-electron chi connectivity index (χ1n) is 6.07. The summed E-state index contributed by atoms with van der Waals surface area (Å²) in [5.41, 5.74) is 1.04. The lowest BCUT2D eigenvalue weighted by Crippen LogP contribution is -2.39. The number of esters is 1. The Hall–Kier alpha value is -2.04. The van der Waals surface area contributed by atoms with Crippen LogP contribution in [0.4, 0.5) is 0 Å². The van der Waals surface area contributed by atoms with Crippen LogP contribution in [-0.2, 0) is 20.7 Å². The van der Waals surface area contributed by atoms with Crippen molar-refractivity contribution in [2.45, 2.75) is 25.8 Å². The van der Waals surface area contributed by atoms with Crippen molar-refractivity contribution in [2.75, 3.05) is 14.2 Å². The van der Waals surface area contributed by atoms with Crippen molar-refractivity contribution in [3.63, 3.8) is 0 Å². The highest BCUT2D eigenvalue weighted by atomic mass is 16.5. The van der Waals surface area contributed by atoms with Crippen molar-refractivity contribution >= 4 is 11.9 Å². The summed E-state index contributed by atoms with van der Waals surface area (Å²) in [4.78, 5) is 22.8. The molecule has 5 nitrogen and oxygen atoms in total. The molecule has 104 valence electrons. The number of hydrogen-bond donors (Lipinski definition) is 1. The smallest absolute Gasteiger partial charge is 0.328 e. The molecule has 0 fully saturated rings. The van der Waals surface area contributed by atoms with Crippen LogP contribution < -0.4 is 10.1 Å². The molecule has 0 heterocycles. The SMILES string of the molecule is COC(=O)C(C)NC(=O)CCc1ccc(OC)cc1. The highest BCUT2D eigenvalue weighted by molar-refractivity contribution is 5.84. The van der Waals surface area contributed by atoms with E-state index in [4.69, 9.17) is 4.74 Å². The minimum atomic E-state index is -0.617. The van der Waals surface area contributed by atoms with Crippen LogP contribution in [0, 0.1) is 0 Å². The van der Waals surface area contributed by atoms with E-state index in [1.807, 2.05) is 24.3 Å². The largest absolute Gasteiger partial charge is 0.497 e. The molecule has 1 atom stereocenters. The van der Waals surface area contributed by atoms with Crippen LogP contribution in [0.3, 0.4) is 0 Å². The van der Waals surface area contributed by atoms with Crippen molar-refractivity contribution in [1.29, 1.82) is 0 Å². The van der Waals surface area contributed by atoms with Gasteiger partial charge in [-0.3, -0.25) is 4.79 Å². The Bertz CT molecular complexity index is 428. The Morgan fingerprint density at radius 3 is 2.37 bits per heavy atom. The molecule has 1 aromatic rings. The average molecular weight is 265 g/mol. The van der Waals surface area contributed by atoms with Gasteiger partial charge in [0.15, 0.2) is 0 Å². The fourth-order valence-corrected chi connectivity index (χ4v) is 1.60. The highest BCUT2D eigenvalue weighted by Gasteiger charge is 2.15. The second-order valence-electron chi connectivity index (χ2n) is 4.16.